The summed E-state index contributed by atoms with van der Waals surface area (Å²) in [6.07, 6.45) is 0.838. The molecular weight excluding hydrogens is 416 g/mol. The van der Waals surface area contributed by atoms with Gasteiger partial charge in [-0.1, -0.05) is 36.0 Å². The normalized spacial score (nSPS) is 14.7. The minimum Gasteiger partial charge on any atom is -0.379 e. The minimum absolute atomic E-state index is 0.0471. The third-order valence-electron chi connectivity index (χ3n) is 5.28. The fourth-order valence-electron chi connectivity index (χ4n) is 3.64. The molecule has 1 fully saturated rings. The van der Waals surface area contributed by atoms with Crippen molar-refractivity contribution >= 4 is 28.4 Å². The molecule has 1 aromatic heterocycles. The SMILES string of the molecule is O=c1c2ccccc2nc(SCc2cccc([N+](=O)[O-])c2)n1CCCN1CCOCC1. The van der Waals surface area contributed by atoms with E-state index in [0.29, 0.717) is 28.4 Å². The van der Waals surface area contributed by atoms with Crippen molar-refractivity contribution in [1.82, 2.24) is 14.5 Å². The summed E-state index contributed by atoms with van der Waals surface area (Å²) in [5, 5.41) is 12.3. The van der Waals surface area contributed by atoms with Crippen LogP contribution in [0.25, 0.3) is 10.9 Å². The molecule has 2 heterocycles. The van der Waals surface area contributed by atoms with Gasteiger partial charge >= 0.3 is 0 Å². The summed E-state index contributed by atoms with van der Waals surface area (Å²) in [6, 6.07) is 13.9. The zero-order valence-electron chi connectivity index (χ0n) is 17.1. The van der Waals surface area contributed by atoms with E-state index in [9.17, 15) is 14.9 Å². The van der Waals surface area contributed by atoms with Gasteiger partial charge in [0.15, 0.2) is 5.16 Å². The number of non-ortho nitro benzene ring substituents is 1. The number of nitro benzene ring substituents is 1. The highest BCUT2D eigenvalue weighted by atomic mass is 32.2. The van der Waals surface area contributed by atoms with Crippen LogP contribution in [0.2, 0.25) is 0 Å². The number of benzene rings is 2. The number of morpholine rings is 1. The van der Waals surface area contributed by atoms with Crippen LogP contribution in [0.4, 0.5) is 5.69 Å². The number of para-hydroxylation sites is 1. The minimum atomic E-state index is -0.399. The van der Waals surface area contributed by atoms with Crippen molar-refractivity contribution in [3.63, 3.8) is 0 Å². The summed E-state index contributed by atoms with van der Waals surface area (Å²) in [4.78, 5) is 30.9. The summed E-state index contributed by atoms with van der Waals surface area (Å²) >= 11 is 1.43. The molecule has 3 aromatic rings. The van der Waals surface area contributed by atoms with Crippen LogP contribution in [0, 0.1) is 10.1 Å². The fraction of sp³-hybridized carbons (Fsp3) is 0.364. The van der Waals surface area contributed by atoms with Crippen LogP contribution in [0.15, 0.2) is 58.5 Å². The highest BCUT2D eigenvalue weighted by Gasteiger charge is 2.14. The van der Waals surface area contributed by atoms with Crippen LogP contribution in [0.1, 0.15) is 12.0 Å². The lowest BCUT2D eigenvalue weighted by molar-refractivity contribution is -0.384. The van der Waals surface area contributed by atoms with Crippen molar-refractivity contribution in [2.75, 3.05) is 32.8 Å². The number of hydrogen-bond acceptors (Lipinski definition) is 7. The van der Waals surface area contributed by atoms with Gasteiger partial charge in [0.25, 0.3) is 11.2 Å². The number of nitro groups is 1. The van der Waals surface area contributed by atoms with Crippen LogP contribution in [0.3, 0.4) is 0 Å². The lowest BCUT2D eigenvalue weighted by Gasteiger charge is -2.26. The molecule has 162 valence electrons. The number of fused-ring (bicyclic) bond motifs is 1. The van der Waals surface area contributed by atoms with Crippen molar-refractivity contribution in [2.45, 2.75) is 23.9 Å². The molecule has 1 aliphatic heterocycles. The molecule has 8 nitrogen and oxygen atoms in total. The number of nitrogens with zero attached hydrogens (tertiary/aromatic N) is 4. The summed E-state index contributed by atoms with van der Waals surface area (Å²) < 4.78 is 7.14. The van der Waals surface area contributed by atoms with E-state index < -0.39 is 4.92 Å². The van der Waals surface area contributed by atoms with Gasteiger partial charge in [-0.05, 0) is 24.1 Å². The first-order chi connectivity index (χ1) is 15.1. The van der Waals surface area contributed by atoms with E-state index in [2.05, 4.69) is 4.90 Å². The first-order valence-corrected chi connectivity index (χ1v) is 11.3. The predicted octanol–water partition coefficient (Wildman–Crippen LogP) is 3.32. The number of hydrogen-bond donors (Lipinski definition) is 0. The van der Waals surface area contributed by atoms with Crippen molar-refractivity contribution in [3.05, 3.63) is 74.6 Å². The second-order valence-electron chi connectivity index (χ2n) is 7.39. The first-order valence-electron chi connectivity index (χ1n) is 10.3. The molecule has 0 aliphatic carbocycles. The average Bonchev–Trinajstić information content (AvgIpc) is 2.80. The van der Waals surface area contributed by atoms with Gasteiger partial charge in [-0.3, -0.25) is 24.4 Å². The Morgan fingerprint density at radius 1 is 1.10 bits per heavy atom. The topological polar surface area (TPSA) is 90.5 Å². The van der Waals surface area contributed by atoms with Gasteiger partial charge in [-0.25, -0.2) is 4.98 Å². The summed E-state index contributed by atoms with van der Waals surface area (Å²) in [7, 11) is 0. The number of ether oxygens (including phenoxy) is 1. The molecule has 0 amide bonds. The fourth-order valence-corrected chi connectivity index (χ4v) is 4.61. The smallest absolute Gasteiger partial charge is 0.269 e. The van der Waals surface area contributed by atoms with Crippen LogP contribution >= 0.6 is 11.8 Å². The van der Waals surface area contributed by atoms with Crippen LogP contribution in [-0.4, -0.2) is 52.2 Å². The second-order valence-corrected chi connectivity index (χ2v) is 8.33. The molecule has 0 unspecified atom stereocenters. The number of aromatic nitrogens is 2. The molecule has 2 aromatic carbocycles. The molecule has 9 heteroatoms. The van der Waals surface area contributed by atoms with Gasteiger partial charge in [0.2, 0.25) is 0 Å². The number of rotatable bonds is 8. The quantitative estimate of drug-likeness (QED) is 0.230. The highest BCUT2D eigenvalue weighted by molar-refractivity contribution is 7.98. The van der Waals surface area contributed by atoms with Crippen molar-refractivity contribution in [3.8, 4) is 0 Å². The second kappa shape index (κ2) is 10.0. The Hall–Kier alpha value is -2.75. The summed E-state index contributed by atoms with van der Waals surface area (Å²) in [6.45, 7) is 4.81. The molecule has 0 saturated carbocycles. The third-order valence-corrected chi connectivity index (χ3v) is 6.32. The molecule has 0 bridgehead atoms. The molecule has 1 saturated heterocycles. The Kier molecular flexibility index (Phi) is 6.96. The molecule has 0 N–H and O–H groups in total. The molecule has 0 spiro atoms. The van der Waals surface area contributed by atoms with Crippen molar-refractivity contribution in [1.29, 1.82) is 0 Å². The van der Waals surface area contributed by atoms with Crippen LogP contribution < -0.4 is 5.56 Å². The standard InChI is InChI=1S/C22H24N4O4S/c27-21-19-7-1-2-8-20(19)23-22(25(21)10-4-9-24-11-13-30-14-12-24)31-16-17-5-3-6-18(15-17)26(28)29/h1-3,5-8,15H,4,9-14,16H2. The van der Waals surface area contributed by atoms with Gasteiger partial charge in [-0.15, -0.1) is 0 Å². The Bertz CT molecular complexity index is 1130. The molecule has 31 heavy (non-hydrogen) atoms. The molecule has 4 rings (SSSR count). The van der Waals surface area contributed by atoms with E-state index in [1.807, 2.05) is 24.3 Å². The Labute approximate surface area is 184 Å². The van der Waals surface area contributed by atoms with E-state index in [4.69, 9.17) is 9.72 Å². The zero-order chi connectivity index (χ0) is 21.6. The Balaban J connectivity index is 1.55. The lowest BCUT2D eigenvalue weighted by Crippen LogP contribution is -2.37. The molecule has 0 radical (unpaired) electrons. The monoisotopic (exact) mass is 440 g/mol. The van der Waals surface area contributed by atoms with Crippen molar-refractivity contribution in [2.24, 2.45) is 0 Å². The summed E-state index contributed by atoms with van der Waals surface area (Å²) in [5.74, 6) is 0.496. The van der Waals surface area contributed by atoms with E-state index in [1.165, 1.54) is 17.8 Å². The highest BCUT2D eigenvalue weighted by Crippen LogP contribution is 2.24. The summed E-state index contributed by atoms with van der Waals surface area (Å²) in [5.41, 5.74) is 1.50. The van der Waals surface area contributed by atoms with Crippen molar-refractivity contribution < 1.29 is 9.66 Å². The van der Waals surface area contributed by atoms with Gasteiger partial charge in [0, 0.05) is 44.1 Å². The van der Waals surface area contributed by atoms with E-state index in [0.717, 1.165) is 44.8 Å². The van der Waals surface area contributed by atoms with Gasteiger partial charge in [0.1, 0.15) is 0 Å². The largest absolute Gasteiger partial charge is 0.379 e. The zero-order valence-corrected chi connectivity index (χ0v) is 17.9. The van der Waals surface area contributed by atoms with Crippen LogP contribution in [0.5, 0.6) is 0 Å². The maximum Gasteiger partial charge on any atom is 0.269 e. The molecular formula is C22H24N4O4S. The van der Waals surface area contributed by atoms with E-state index in [1.54, 1.807) is 22.8 Å². The molecule has 0 atom stereocenters. The van der Waals surface area contributed by atoms with Crippen LogP contribution in [-0.2, 0) is 17.0 Å². The number of thioether (sulfide) groups is 1. The van der Waals surface area contributed by atoms with Gasteiger partial charge < -0.3 is 4.74 Å². The maximum absolute atomic E-state index is 13.2. The molecule has 1 aliphatic rings. The Morgan fingerprint density at radius 2 is 1.90 bits per heavy atom. The lowest BCUT2D eigenvalue weighted by atomic mass is 10.2. The average molecular weight is 441 g/mol. The van der Waals surface area contributed by atoms with Gasteiger partial charge in [-0.2, -0.15) is 0 Å². The van der Waals surface area contributed by atoms with E-state index >= 15 is 0 Å². The maximum atomic E-state index is 13.2. The third kappa shape index (κ3) is 5.30. The first kappa shape index (κ1) is 21.5. The predicted molar refractivity (Wildman–Crippen MR) is 121 cm³/mol. The van der Waals surface area contributed by atoms with Gasteiger partial charge in [0.05, 0.1) is 29.0 Å². The Morgan fingerprint density at radius 3 is 2.71 bits per heavy atom. The van der Waals surface area contributed by atoms with E-state index in [-0.39, 0.29) is 11.2 Å².